The maximum atomic E-state index is 13.5. The third kappa shape index (κ3) is 2.24. The fraction of sp³-hybridized carbons (Fsp3) is 0.0588. The van der Waals surface area contributed by atoms with E-state index in [9.17, 15) is 9.65 Å². The molecule has 1 aromatic carbocycles. The predicted octanol–water partition coefficient (Wildman–Crippen LogP) is 2.94. The summed E-state index contributed by atoms with van der Waals surface area (Å²) in [5, 5.41) is 11.9. The number of hydrogen-bond acceptors (Lipinski definition) is 4. The highest BCUT2D eigenvalue weighted by Gasteiger charge is 2.19. The minimum atomic E-state index is -0.375. The summed E-state index contributed by atoms with van der Waals surface area (Å²) >= 11 is 0. The standard InChI is InChI=1S/C17H12FN5/c18-13-2-1-11(8-19)16(7-13)23-10-12(9-22-23)14-3-5-20-17-15(14)4-6-21-17/h1-7,10,22H,9H2,(H,20,21). The van der Waals surface area contributed by atoms with Gasteiger partial charge in [0.25, 0.3) is 0 Å². The zero-order valence-electron chi connectivity index (χ0n) is 12.0. The van der Waals surface area contributed by atoms with Crippen LogP contribution in [0.25, 0.3) is 16.6 Å². The minimum absolute atomic E-state index is 0.375. The second kappa shape index (κ2) is 5.23. The topological polar surface area (TPSA) is 67.7 Å². The Bertz CT molecular complexity index is 967. The van der Waals surface area contributed by atoms with Crippen molar-refractivity contribution in [3.05, 3.63) is 65.9 Å². The van der Waals surface area contributed by atoms with Crippen molar-refractivity contribution in [1.82, 2.24) is 15.4 Å². The molecule has 1 aliphatic rings. The summed E-state index contributed by atoms with van der Waals surface area (Å²) in [5.74, 6) is -0.375. The number of pyridine rings is 1. The first kappa shape index (κ1) is 13.5. The number of anilines is 1. The number of aromatic amines is 1. The van der Waals surface area contributed by atoms with Crippen LogP contribution in [0.2, 0.25) is 0 Å². The molecule has 5 nitrogen and oxygen atoms in total. The highest BCUT2D eigenvalue weighted by molar-refractivity contribution is 5.91. The van der Waals surface area contributed by atoms with E-state index in [2.05, 4.69) is 21.5 Å². The van der Waals surface area contributed by atoms with Crippen molar-refractivity contribution in [3.8, 4) is 6.07 Å². The molecule has 2 aromatic heterocycles. The summed E-state index contributed by atoms with van der Waals surface area (Å²) in [6, 6.07) is 10.1. The van der Waals surface area contributed by atoms with Gasteiger partial charge in [-0.05, 0) is 35.4 Å². The Morgan fingerprint density at radius 2 is 2.17 bits per heavy atom. The quantitative estimate of drug-likeness (QED) is 0.764. The van der Waals surface area contributed by atoms with E-state index in [1.165, 1.54) is 18.2 Å². The molecule has 0 amide bonds. The molecule has 6 heteroatoms. The van der Waals surface area contributed by atoms with Gasteiger partial charge in [-0.1, -0.05) is 0 Å². The fourth-order valence-corrected chi connectivity index (χ4v) is 2.78. The number of nitrogens with zero attached hydrogens (tertiary/aromatic N) is 3. The van der Waals surface area contributed by atoms with E-state index in [4.69, 9.17) is 0 Å². The van der Waals surface area contributed by atoms with Crippen molar-refractivity contribution in [2.45, 2.75) is 0 Å². The van der Waals surface area contributed by atoms with Crippen molar-refractivity contribution in [2.75, 3.05) is 11.6 Å². The molecule has 1 aliphatic heterocycles. The van der Waals surface area contributed by atoms with Gasteiger partial charge in [-0.15, -0.1) is 0 Å². The van der Waals surface area contributed by atoms with Crippen LogP contribution in [0.1, 0.15) is 11.1 Å². The van der Waals surface area contributed by atoms with Gasteiger partial charge in [-0.3, -0.25) is 5.01 Å². The Hall–Kier alpha value is -3.17. The van der Waals surface area contributed by atoms with Crippen LogP contribution in [0.5, 0.6) is 0 Å². The van der Waals surface area contributed by atoms with Gasteiger partial charge >= 0.3 is 0 Å². The monoisotopic (exact) mass is 305 g/mol. The normalized spacial score (nSPS) is 14.1. The summed E-state index contributed by atoms with van der Waals surface area (Å²) in [4.78, 5) is 7.37. The molecule has 0 unspecified atom stereocenters. The molecule has 112 valence electrons. The molecule has 3 aromatic rings. The first-order valence-corrected chi connectivity index (χ1v) is 7.12. The number of nitriles is 1. The van der Waals surface area contributed by atoms with Gasteiger partial charge in [-0.25, -0.2) is 14.8 Å². The van der Waals surface area contributed by atoms with E-state index in [1.807, 2.05) is 24.5 Å². The average molecular weight is 305 g/mol. The summed E-state index contributed by atoms with van der Waals surface area (Å²) in [7, 11) is 0. The molecular weight excluding hydrogens is 293 g/mol. The average Bonchev–Trinajstić information content (AvgIpc) is 3.23. The van der Waals surface area contributed by atoms with Crippen LogP contribution in [-0.4, -0.2) is 16.5 Å². The van der Waals surface area contributed by atoms with Crippen molar-refractivity contribution in [1.29, 1.82) is 5.26 Å². The fourth-order valence-electron chi connectivity index (χ4n) is 2.78. The summed E-state index contributed by atoms with van der Waals surface area (Å²) in [5.41, 5.74) is 7.02. The van der Waals surface area contributed by atoms with Crippen LogP contribution in [0, 0.1) is 17.1 Å². The lowest BCUT2D eigenvalue weighted by Gasteiger charge is -2.17. The number of rotatable bonds is 2. The van der Waals surface area contributed by atoms with Gasteiger partial charge in [0.15, 0.2) is 0 Å². The second-order valence-electron chi connectivity index (χ2n) is 5.23. The molecule has 23 heavy (non-hydrogen) atoms. The lowest BCUT2D eigenvalue weighted by atomic mass is 10.1. The third-order valence-corrected chi connectivity index (χ3v) is 3.87. The van der Waals surface area contributed by atoms with Crippen LogP contribution in [0.3, 0.4) is 0 Å². The number of hydrazine groups is 1. The zero-order chi connectivity index (χ0) is 15.8. The van der Waals surface area contributed by atoms with Gasteiger partial charge in [0.1, 0.15) is 17.5 Å². The summed E-state index contributed by atoms with van der Waals surface area (Å²) < 4.78 is 13.5. The number of nitrogens with one attached hydrogen (secondary N) is 2. The van der Waals surface area contributed by atoms with Crippen LogP contribution < -0.4 is 10.4 Å². The zero-order valence-corrected chi connectivity index (χ0v) is 12.0. The SMILES string of the molecule is N#Cc1ccc(F)cc1N1C=C(c2ccnc3[nH]ccc23)CN1. The Kier molecular flexibility index (Phi) is 3.07. The molecule has 0 saturated heterocycles. The molecule has 0 bridgehead atoms. The number of hydrogen-bond donors (Lipinski definition) is 2. The third-order valence-electron chi connectivity index (χ3n) is 3.87. The Balaban J connectivity index is 1.77. The molecule has 0 atom stereocenters. The molecule has 0 saturated carbocycles. The van der Waals surface area contributed by atoms with Crippen LogP contribution in [-0.2, 0) is 0 Å². The number of benzene rings is 1. The van der Waals surface area contributed by atoms with Crippen LogP contribution >= 0.6 is 0 Å². The van der Waals surface area contributed by atoms with E-state index in [0.29, 0.717) is 17.8 Å². The lowest BCUT2D eigenvalue weighted by molar-refractivity contribution is 0.626. The molecule has 0 fully saturated rings. The molecule has 3 heterocycles. The minimum Gasteiger partial charge on any atom is -0.346 e. The van der Waals surface area contributed by atoms with Crippen LogP contribution in [0.15, 0.2) is 48.9 Å². The van der Waals surface area contributed by atoms with Crippen molar-refractivity contribution >= 4 is 22.3 Å². The first-order chi connectivity index (χ1) is 11.3. The first-order valence-electron chi connectivity index (χ1n) is 7.12. The Morgan fingerprint density at radius 1 is 1.26 bits per heavy atom. The summed E-state index contributed by atoms with van der Waals surface area (Å²) in [6.45, 7) is 0.589. The van der Waals surface area contributed by atoms with E-state index < -0.39 is 0 Å². The highest BCUT2D eigenvalue weighted by Crippen LogP contribution is 2.29. The van der Waals surface area contributed by atoms with Crippen molar-refractivity contribution in [3.63, 3.8) is 0 Å². The summed E-state index contributed by atoms with van der Waals surface area (Å²) in [6.07, 6.45) is 5.49. The van der Waals surface area contributed by atoms with Gasteiger partial charge < -0.3 is 4.98 Å². The maximum absolute atomic E-state index is 13.5. The largest absolute Gasteiger partial charge is 0.346 e. The molecule has 0 radical (unpaired) electrons. The number of aromatic nitrogens is 2. The van der Waals surface area contributed by atoms with Gasteiger partial charge in [-0.2, -0.15) is 5.26 Å². The smallest absolute Gasteiger partial charge is 0.137 e. The maximum Gasteiger partial charge on any atom is 0.137 e. The van der Waals surface area contributed by atoms with Crippen LogP contribution in [0.4, 0.5) is 10.1 Å². The number of H-pyrrole nitrogens is 1. The Morgan fingerprint density at radius 3 is 3.04 bits per heavy atom. The predicted molar refractivity (Wildman–Crippen MR) is 85.7 cm³/mol. The van der Waals surface area contributed by atoms with Gasteiger partial charge in [0.2, 0.25) is 0 Å². The Labute approximate surface area is 131 Å². The van der Waals surface area contributed by atoms with Crippen molar-refractivity contribution in [2.24, 2.45) is 0 Å². The van der Waals surface area contributed by atoms with E-state index in [-0.39, 0.29) is 5.82 Å². The number of halogens is 1. The molecular formula is C17H12FN5. The second-order valence-corrected chi connectivity index (χ2v) is 5.23. The van der Waals surface area contributed by atoms with E-state index in [1.54, 1.807) is 11.2 Å². The van der Waals surface area contributed by atoms with E-state index >= 15 is 0 Å². The van der Waals surface area contributed by atoms with Gasteiger partial charge in [0.05, 0.1) is 11.3 Å². The molecule has 0 aliphatic carbocycles. The molecule has 0 spiro atoms. The van der Waals surface area contributed by atoms with E-state index in [0.717, 1.165) is 22.2 Å². The molecule has 4 rings (SSSR count). The van der Waals surface area contributed by atoms with Gasteiger partial charge in [0, 0.05) is 36.6 Å². The number of fused-ring (bicyclic) bond motifs is 1. The highest BCUT2D eigenvalue weighted by atomic mass is 19.1. The van der Waals surface area contributed by atoms with Crippen molar-refractivity contribution < 1.29 is 4.39 Å². The molecule has 2 N–H and O–H groups in total. The lowest BCUT2D eigenvalue weighted by Crippen LogP contribution is -2.29.